The maximum atomic E-state index is 7.59. The van der Waals surface area contributed by atoms with Crippen molar-refractivity contribution in [3.8, 4) is 0 Å². The van der Waals surface area contributed by atoms with Crippen LogP contribution in [0.2, 0.25) is 0 Å². The van der Waals surface area contributed by atoms with E-state index in [2.05, 4.69) is 21.8 Å². The lowest BCUT2D eigenvalue weighted by atomic mass is 9.79. The van der Waals surface area contributed by atoms with E-state index in [1.54, 1.807) is 12.5 Å². The van der Waals surface area contributed by atoms with Crippen molar-refractivity contribution < 1.29 is 0 Å². The van der Waals surface area contributed by atoms with Crippen LogP contribution in [0.15, 0.2) is 18.6 Å². The summed E-state index contributed by atoms with van der Waals surface area (Å²) in [6.07, 6.45) is 5.13. The van der Waals surface area contributed by atoms with Gasteiger partial charge in [0.25, 0.3) is 0 Å². The van der Waals surface area contributed by atoms with Crippen molar-refractivity contribution in [3.05, 3.63) is 18.6 Å². The minimum atomic E-state index is -0.135. The Hall–Kier alpha value is -1.65. The van der Waals surface area contributed by atoms with Gasteiger partial charge < -0.3 is 10.6 Å². The van der Waals surface area contributed by atoms with Gasteiger partial charge in [0.05, 0.1) is 5.84 Å². The standard InChI is InChI=1S/C11H17N5/c1-11(10(12)13)3-6-16(7-4-11)9-2-5-14-8-15-9/h2,5,8H,3-4,6-7H2,1H3,(H3,12,13). The fourth-order valence-corrected chi connectivity index (χ4v) is 1.97. The summed E-state index contributed by atoms with van der Waals surface area (Å²) in [7, 11) is 0. The third-order valence-electron chi connectivity index (χ3n) is 3.41. The first-order valence-electron chi connectivity index (χ1n) is 5.47. The van der Waals surface area contributed by atoms with Crippen LogP contribution < -0.4 is 10.6 Å². The van der Waals surface area contributed by atoms with Crippen molar-refractivity contribution in [3.63, 3.8) is 0 Å². The molecule has 0 spiro atoms. The van der Waals surface area contributed by atoms with Gasteiger partial charge >= 0.3 is 0 Å². The van der Waals surface area contributed by atoms with Gasteiger partial charge in [-0.05, 0) is 18.9 Å². The molecule has 2 rings (SSSR count). The Balaban J connectivity index is 2.03. The van der Waals surface area contributed by atoms with Crippen molar-refractivity contribution in [1.82, 2.24) is 9.97 Å². The number of amidine groups is 1. The molecule has 1 fully saturated rings. The third-order valence-corrected chi connectivity index (χ3v) is 3.41. The average Bonchev–Trinajstić information content (AvgIpc) is 2.31. The number of nitrogens with two attached hydrogens (primary N) is 1. The molecular formula is C11H17N5. The summed E-state index contributed by atoms with van der Waals surface area (Å²) >= 11 is 0. The number of rotatable bonds is 2. The molecule has 1 aromatic heterocycles. The van der Waals surface area contributed by atoms with E-state index in [9.17, 15) is 0 Å². The van der Waals surface area contributed by atoms with Crippen LogP contribution in [0.1, 0.15) is 19.8 Å². The highest BCUT2D eigenvalue weighted by atomic mass is 15.2. The fraction of sp³-hybridized carbons (Fsp3) is 0.545. The molecule has 16 heavy (non-hydrogen) atoms. The molecule has 5 heteroatoms. The molecule has 3 N–H and O–H groups in total. The van der Waals surface area contributed by atoms with Crippen LogP contribution in [-0.2, 0) is 0 Å². The van der Waals surface area contributed by atoms with Crippen LogP contribution in [0, 0.1) is 10.8 Å². The van der Waals surface area contributed by atoms with Gasteiger partial charge in [0.15, 0.2) is 0 Å². The van der Waals surface area contributed by atoms with Crippen LogP contribution in [0.5, 0.6) is 0 Å². The molecule has 0 bridgehead atoms. The van der Waals surface area contributed by atoms with Gasteiger partial charge in [-0.3, -0.25) is 5.41 Å². The molecule has 0 atom stereocenters. The molecule has 5 nitrogen and oxygen atoms in total. The maximum Gasteiger partial charge on any atom is 0.131 e. The lowest BCUT2D eigenvalue weighted by molar-refractivity contribution is 0.350. The molecule has 1 aliphatic rings. The first-order valence-corrected chi connectivity index (χ1v) is 5.47. The molecule has 2 heterocycles. The molecule has 1 aromatic rings. The molecule has 0 unspecified atom stereocenters. The Morgan fingerprint density at radius 3 is 2.69 bits per heavy atom. The minimum absolute atomic E-state index is 0.135. The highest BCUT2D eigenvalue weighted by Crippen LogP contribution is 2.31. The van der Waals surface area contributed by atoms with Gasteiger partial charge in [-0.1, -0.05) is 6.92 Å². The summed E-state index contributed by atoms with van der Waals surface area (Å²) in [6, 6.07) is 1.91. The van der Waals surface area contributed by atoms with Crippen LogP contribution in [0.4, 0.5) is 5.82 Å². The average molecular weight is 219 g/mol. The zero-order valence-corrected chi connectivity index (χ0v) is 9.48. The Kier molecular flexibility index (Phi) is 2.77. The molecule has 1 saturated heterocycles. The molecule has 0 radical (unpaired) electrons. The first-order chi connectivity index (χ1) is 7.62. The smallest absolute Gasteiger partial charge is 0.131 e. The third kappa shape index (κ3) is 1.98. The fourth-order valence-electron chi connectivity index (χ4n) is 1.97. The van der Waals surface area contributed by atoms with Gasteiger partial charge in [0.2, 0.25) is 0 Å². The number of anilines is 1. The minimum Gasteiger partial charge on any atom is -0.387 e. The normalized spacial score (nSPS) is 19.4. The van der Waals surface area contributed by atoms with E-state index in [1.807, 2.05) is 6.07 Å². The van der Waals surface area contributed by atoms with E-state index in [4.69, 9.17) is 11.1 Å². The predicted octanol–water partition coefficient (Wildman–Crippen LogP) is 1.02. The van der Waals surface area contributed by atoms with E-state index in [-0.39, 0.29) is 5.41 Å². The molecule has 0 amide bonds. The van der Waals surface area contributed by atoms with E-state index in [1.165, 1.54) is 0 Å². The topological polar surface area (TPSA) is 78.9 Å². The Morgan fingerprint density at radius 2 is 2.19 bits per heavy atom. The summed E-state index contributed by atoms with van der Waals surface area (Å²) in [6.45, 7) is 3.85. The number of hydrogen-bond donors (Lipinski definition) is 2. The largest absolute Gasteiger partial charge is 0.387 e. The van der Waals surface area contributed by atoms with Crippen molar-refractivity contribution in [1.29, 1.82) is 5.41 Å². The lowest BCUT2D eigenvalue weighted by Crippen LogP contribution is -2.45. The van der Waals surface area contributed by atoms with Crippen LogP contribution in [0.25, 0.3) is 0 Å². The second-order valence-corrected chi connectivity index (χ2v) is 4.53. The van der Waals surface area contributed by atoms with E-state index in [0.29, 0.717) is 5.84 Å². The Labute approximate surface area is 95.2 Å². The van der Waals surface area contributed by atoms with Crippen molar-refractivity contribution >= 4 is 11.7 Å². The summed E-state index contributed by atoms with van der Waals surface area (Å²) in [5.41, 5.74) is 5.49. The summed E-state index contributed by atoms with van der Waals surface area (Å²) in [4.78, 5) is 10.3. The SMILES string of the molecule is CC1(C(=N)N)CCN(c2ccncn2)CC1. The van der Waals surface area contributed by atoms with Crippen molar-refractivity contribution in [2.24, 2.45) is 11.1 Å². The monoisotopic (exact) mass is 219 g/mol. The molecule has 0 saturated carbocycles. The number of aromatic nitrogens is 2. The second kappa shape index (κ2) is 4.08. The highest BCUT2D eigenvalue weighted by molar-refractivity contribution is 5.83. The van der Waals surface area contributed by atoms with Gasteiger partial charge in [0, 0.05) is 24.7 Å². The van der Waals surface area contributed by atoms with Gasteiger partial charge in [-0.15, -0.1) is 0 Å². The number of hydrogen-bond acceptors (Lipinski definition) is 4. The van der Waals surface area contributed by atoms with Crippen molar-refractivity contribution in [2.45, 2.75) is 19.8 Å². The van der Waals surface area contributed by atoms with Crippen molar-refractivity contribution in [2.75, 3.05) is 18.0 Å². The van der Waals surface area contributed by atoms with E-state index in [0.717, 1.165) is 31.7 Å². The zero-order chi connectivity index (χ0) is 11.6. The number of nitrogens with one attached hydrogen (secondary N) is 1. The predicted molar refractivity (Wildman–Crippen MR) is 63.5 cm³/mol. The van der Waals surface area contributed by atoms with Gasteiger partial charge in [0.1, 0.15) is 12.1 Å². The van der Waals surface area contributed by atoms with Crippen LogP contribution in [0.3, 0.4) is 0 Å². The Morgan fingerprint density at radius 1 is 1.50 bits per heavy atom. The molecular weight excluding hydrogens is 202 g/mol. The van der Waals surface area contributed by atoms with Crippen LogP contribution >= 0.6 is 0 Å². The number of nitrogens with zero attached hydrogens (tertiary/aromatic N) is 3. The van der Waals surface area contributed by atoms with Gasteiger partial charge in [-0.2, -0.15) is 0 Å². The maximum absolute atomic E-state index is 7.59. The summed E-state index contributed by atoms with van der Waals surface area (Å²) < 4.78 is 0. The molecule has 0 aromatic carbocycles. The molecule has 0 aliphatic carbocycles. The zero-order valence-electron chi connectivity index (χ0n) is 9.48. The first kappa shape index (κ1) is 10.9. The lowest BCUT2D eigenvalue weighted by Gasteiger charge is -2.39. The molecule has 1 aliphatic heterocycles. The second-order valence-electron chi connectivity index (χ2n) is 4.53. The number of piperidine rings is 1. The van der Waals surface area contributed by atoms with Gasteiger partial charge in [-0.25, -0.2) is 9.97 Å². The summed E-state index contributed by atoms with van der Waals surface area (Å²) in [5.74, 6) is 1.26. The quantitative estimate of drug-likeness (QED) is 0.575. The molecule has 86 valence electrons. The van der Waals surface area contributed by atoms with E-state index < -0.39 is 0 Å². The van der Waals surface area contributed by atoms with E-state index >= 15 is 0 Å². The Bertz CT molecular complexity index is 367. The highest BCUT2D eigenvalue weighted by Gasteiger charge is 2.33. The van der Waals surface area contributed by atoms with Crippen LogP contribution in [-0.4, -0.2) is 28.9 Å². The summed E-state index contributed by atoms with van der Waals surface area (Å²) in [5, 5.41) is 7.59.